The lowest BCUT2D eigenvalue weighted by atomic mass is 10.1. The lowest BCUT2D eigenvalue weighted by Crippen LogP contribution is -2.23. The van der Waals surface area contributed by atoms with Crippen LogP contribution in [-0.2, 0) is 6.42 Å². The molecule has 0 atom stereocenters. The summed E-state index contributed by atoms with van der Waals surface area (Å²) in [5.41, 5.74) is 2.14. The highest BCUT2D eigenvalue weighted by atomic mass is 32.1. The third-order valence-electron chi connectivity index (χ3n) is 3.01. The van der Waals surface area contributed by atoms with Crippen LogP contribution in [0.5, 0.6) is 0 Å². The summed E-state index contributed by atoms with van der Waals surface area (Å²) in [5, 5.41) is 4.05. The second kappa shape index (κ2) is 4.82. The molecule has 1 aromatic carbocycles. The minimum atomic E-state index is -0.248. The van der Waals surface area contributed by atoms with Crippen LogP contribution < -0.4 is 0 Å². The highest BCUT2D eigenvalue weighted by molar-refractivity contribution is 7.07. The molecule has 19 heavy (non-hydrogen) atoms. The zero-order valence-corrected chi connectivity index (χ0v) is 10.9. The molecule has 94 valence electrons. The maximum Gasteiger partial charge on any atom is 0.265 e. The van der Waals surface area contributed by atoms with Gasteiger partial charge in [0.25, 0.3) is 11.8 Å². The smallest absolute Gasteiger partial charge is 0.265 e. The zero-order valence-electron chi connectivity index (χ0n) is 10.1. The fourth-order valence-corrected chi connectivity index (χ4v) is 2.73. The quantitative estimate of drug-likeness (QED) is 0.803. The number of imide groups is 1. The van der Waals surface area contributed by atoms with E-state index >= 15 is 0 Å². The van der Waals surface area contributed by atoms with Crippen molar-refractivity contribution in [1.82, 2.24) is 4.90 Å². The van der Waals surface area contributed by atoms with E-state index in [9.17, 15) is 9.59 Å². The van der Waals surface area contributed by atoms with Crippen molar-refractivity contribution < 1.29 is 9.59 Å². The van der Waals surface area contributed by atoms with Crippen molar-refractivity contribution >= 4 is 23.2 Å². The summed E-state index contributed by atoms with van der Waals surface area (Å²) in [6.45, 7) is 0. The Labute approximate surface area is 114 Å². The van der Waals surface area contributed by atoms with Crippen LogP contribution in [-0.4, -0.2) is 16.7 Å². The van der Waals surface area contributed by atoms with Crippen molar-refractivity contribution in [3.05, 3.63) is 70.1 Å². The van der Waals surface area contributed by atoms with Crippen LogP contribution in [0.15, 0.2) is 53.4 Å². The molecule has 0 spiro atoms. The van der Waals surface area contributed by atoms with Crippen molar-refractivity contribution in [2.45, 2.75) is 6.42 Å². The molecule has 2 amide bonds. The van der Waals surface area contributed by atoms with Gasteiger partial charge in [0.15, 0.2) is 0 Å². The van der Waals surface area contributed by atoms with Gasteiger partial charge in [-0.05, 0) is 40.9 Å². The predicted molar refractivity (Wildman–Crippen MR) is 74.1 cm³/mol. The summed E-state index contributed by atoms with van der Waals surface area (Å²) in [7, 11) is 0. The summed E-state index contributed by atoms with van der Waals surface area (Å²) in [6, 6.07) is 8.92. The van der Waals surface area contributed by atoms with E-state index in [0.717, 1.165) is 6.42 Å². The maximum atomic E-state index is 12.1. The highest BCUT2D eigenvalue weighted by Gasteiger charge is 2.33. The Morgan fingerprint density at radius 3 is 2.32 bits per heavy atom. The van der Waals surface area contributed by atoms with Crippen LogP contribution in [0.4, 0.5) is 0 Å². The molecule has 3 rings (SSSR count). The zero-order chi connectivity index (χ0) is 13.2. The Hall–Kier alpha value is -2.20. The second-order valence-electron chi connectivity index (χ2n) is 4.25. The van der Waals surface area contributed by atoms with Crippen LogP contribution in [0.3, 0.4) is 0 Å². The molecule has 1 aliphatic rings. The molecule has 0 fully saturated rings. The Bertz CT molecular complexity index is 624. The van der Waals surface area contributed by atoms with E-state index < -0.39 is 0 Å². The number of amides is 2. The van der Waals surface area contributed by atoms with Gasteiger partial charge < -0.3 is 0 Å². The number of carbonyl (C=O) groups is 2. The number of benzene rings is 1. The van der Waals surface area contributed by atoms with Gasteiger partial charge in [0, 0.05) is 6.20 Å². The third kappa shape index (κ3) is 2.11. The lowest BCUT2D eigenvalue weighted by molar-refractivity contribution is 0.0721. The second-order valence-corrected chi connectivity index (χ2v) is 5.03. The number of hydrogen-bond acceptors (Lipinski definition) is 3. The van der Waals surface area contributed by atoms with E-state index in [1.54, 1.807) is 41.8 Å². The Kier molecular flexibility index (Phi) is 3.01. The van der Waals surface area contributed by atoms with Crippen LogP contribution in [0.25, 0.3) is 0 Å². The monoisotopic (exact) mass is 269 g/mol. The fraction of sp³-hybridized carbons (Fsp3) is 0.0667. The van der Waals surface area contributed by atoms with Crippen LogP contribution in [0, 0.1) is 0 Å². The Balaban J connectivity index is 1.79. The molecule has 0 radical (unpaired) electrons. The molecule has 4 heteroatoms. The molecule has 0 N–H and O–H groups in total. The van der Waals surface area contributed by atoms with E-state index in [1.807, 2.05) is 22.9 Å². The van der Waals surface area contributed by atoms with E-state index in [0.29, 0.717) is 11.1 Å². The SMILES string of the molecule is O=C1c2ccccc2C(=O)N1C=CCc1ccsc1. The van der Waals surface area contributed by atoms with E-state index in [4.69, 9.17) is 0 Å². The van der Waals surface area contributed by atoms with Gasteiger partial charge in [0.2, 0.25) is 0 Å². The first kappa shape index (κ1) is 11.9. The summed E-state index contributed by atoms with van der Waals surface area (Å²) in [6.07, 6.45) is 4.13. The molecule has 3 nitrogen and oxygen atoms in total. The minimum absolute atomic E-state index is 0.248. The average molecular weight is 269 g/mol. The van der Waals surface area contributed by atoms with Gasteiger partial charge in [-0.15, -0.1) is 0 Å². The number of allylic oxidation sites excluding steroid dienone is 1. The molecule has 0 aliphatic carbocycles. The number of rotatable bonds is 3. The standard InChI is InChI=1S/C15H11NO2S/c17-14-12-5-1-2-6-13(12)15(18)16(14)8-3-4-11-7-9-19-10-11/h1-3,5-10H,4H2. The maximum absolute atomic E-state index is 12.1. The van der Waals surface area contributed by atoms with Gasteiger partial charge in [0.1, 0.15) is 0 Å². The molecule has 2 heterocycles. The van der Waals surface area contributed by atoms with Crippen LogP contribution in [0.2, 0.25) is 0 Å². The fourth-order valence-electron chi connectivity index (χ4n) is 2.05. The van der Waals surface area contributed by atoms with Crippen molar-refractivity contribution in [2.75, 3.05) is 0 Å². The lowest BCUT2D eigenvalue weighted by Gasteiger charge is -2.06. The number of carbonyl (C=O) groups excluding carboxylic acids is 2. The van der Waals surface area contributed by atoms with Gasteiger partial charge in [-0.25, -0.2) is 4.90 Å². The normalized spacial score (nSPS) is 14.4. The van der Waals surface area contributed by atoms with Crippen molar-refractivity contribution in [3.63, 3.8) is 0 Å². The molecule has 0 saturated carbocycles. The van der Waals surface area contributed by atoms with Gasteiger partial charge >= 0.3 is 0 Å². The molecule has 0 saturated heterocycles. The summed E-state index contributed by atoms with van der Waals surface area (Å²) >= 11 is 1.63. The number of thiophene rings is 1. The molecule has 0 bridgehead atoms. The molecule has 2 aromatic rings. The summed E-state index contributed by atoms with van der Waals surface area (Å²) < 4.78 is 0. The van der Waals surface area contributed by atoms with Gasteiger partial charge in [0.05, 0.1) is 11.1 Å². The first-order valence-electron chi connectivity index (χ1n) is 5.92. The largest absolute Gasteiger partial charge is 0.268 e. The van der Waals surface area contributed by atoms with Crippen molar-refractivity contribution in [2.24, 2.45) is 0 Å². The number of hydrogen-bond donors (Lipinski definition) is 0. The van der Waals surface area contributed by atoms with Gasteiger partial charge in [-0.3, -0.25) is 9.59 Å². The van der Waals surface area contributed by atoms with Crippen LogP contribution >= 0.6 is 11.3 Å². The predicted octanol–water partition coefficient (Wildman–Crippen LogP) is 3.10. The average Bonchev–Trinajstić information content (AvgIpc) is 3.02. The first-order chi connectivity index (χ1) is 9.27. The number of nitrogens with zero attached hydrogens (tertiary/aromatic N) is 1. The Morgan fingerprint density at radius 1 is 1.05 bits per heavy atom. The van der Waals surface area contributed by atoms with E-state index in [-0.39, 0.29) is 11.8 Å². The number of fused-ring (bicyclic) bond motifs is 1. The third-order valence-corrected chi connectivity index (χ3v) is 3.75. The van der Waals surface area contributed by atoms with E-state index in [2.05, 4.69) is 0 Å². The van der Waals surface area contributed by atoms with Gasteiger partial charge in [-0.1, -0.05) is 18.2 Å². The van der Waals surface area contributed by atoms with E-state index in [1.165, 1.54) is 10.5 Å². The highest BCUT2D eigenvalue weighted by Crippen LogP contribution is 2.22. The molecular weight excluding hydrogens is 258 g/mol. The molecule has 1 aromatic heterocycles. The van der Waals surface area contributed by atoms with Crippen LogP contribution in [0.1, 0.15) is 26.3 Å². The first-order valence-corrected chi connectivity index (χ1v) is 6.86. The van der Waals surface area contributed by atoms with Crippen molar-refractivity contribution in [1.29, 1.82) is 0 Å². The van der Waals surface area contributed by atoms with Crippen molar-refractivity contribution in [3.8, 4) is 0 Å². The molecule has 0 unspecified atom stereocenters. The minimum Gasteiger partial charge on any atom is -0.268 e. The summed E-state index contributed by atoms with van der Waals surface area (Å²) in [5.74, 6) is -0.496. The molecule has 1 aliphatic heterocycles. The summed E-state index contributed by atoms with van der Waals surface area (Å²) in [4.78, 5) is 25.3. The Morgan fingerprint density at radius 2 is 1.74 bits per heavy atom. The topological polar surface area (TPSA) is 37.4 Å². The molecular formula is C15H11NO2S. The van der Waals surface area contributed by atoms with Gasteiger partial charge in [-0.2, -0.15) is 11.3 Å².